The molecule has 0 spiro atoms. The molecule has 1 heterocycles. The first-order chi connectivity index (χ1) is 16.0. The van der Waals surface area contributed by atoms with Crippen LogP contribution in [0.3, 0.4) is 0 Å². The second-order valence-electron chi connectivity index (χ2n) is 11.0. The summed E-state index contributed by atoms with van der Waals surface area (Å²) in [6.07, 6.45) is 1.14. The summed E-state index contributed by atoms with van der Waals surface area (Å²) in [4.78, 5) is 0. The molecule has 1 aliphatic carbocycles. The van der Waals surface area contributed by atoms with Crippen LogP contribution >= 0.6 is 0 Å². The third-order valence-corrected chi connectivity index (χ3v) is 9.93. The Labute approximate surface area is 206 Å². The molecule has 0 fully saturated rings. The third kappa shape index (κ3) is 2.51. The molecule has 0 saturated heterocycles. The van der Waals surface area contributed by atoms with Crippen molar-refractivity contribution >= 4 is 21.8 Å². The summed E-state index contributed by atoms with van der Waals surface area (Å²) in [5.74, 6) is 0.460. The van der Waals surface area contributed by atoms with Gasteiger partial charge in [-0.25, -0.2) is 0 Å². The zero-order valence-corrected chi connectivity index (χ0v) is 23.4. The van der Waals surface area contributed by atoms with Gasteiger partial charge in [-0.1, -0.05) is 6.92 Å². The first-order valence-electron chi connectivity index (χ1n) is 13.2. The van der Waals surface area contributed by atoms with Gasteiger partial charge in [-0.15, -0.1) is 0 Å². The topological polar surface area (TPSA) is 4.93 Å². The number of nitrogens with zero attached hydrogens (tertiary/aromatic N) is 1. The van der Waals surface area contributed by atoms with Crippen LogP contribution in [-0.4, -0.2) is 4.57 Å². The van der Waals surface area contributed by atoms with E-state index in [-0.39, 0.29) is 0 Å². The highest BCUT2D eigenvalue weighted by Crippen LogP contribution is 2.56. The Morgan fingerprint density at radius 2 is 0.912 bits per heavy atom. The second kappa shape index (κ2) is 7.48. The lowest BCUT2D eigenvalue weighted by molar-refractivity contribution is 0.773. The van der Waals surface area contributed by atoms with E-state index in [1.54, 1.807) is 16.7 Å². The van der Waals surface area contributed by atoms with E-state index in [1.807, 2.05) is 0 Å². The molecule has 0 bridgehead atoms. The normalized spacial score (nSPS) is 15.0. The van der Waals surface area contributed by atoms with Crippen molar-refractivity contribution in [2.75, 3.05) is 0 Å². The summed E-state index contributed by atoms with van der Waals surface area (Å²) in [5, 5.41) is 3.00. The van der Waals surface area contributed by atoms with Gasteiger partial charge in [0.25, 0.3) is 0 Å². The molecule has 1 unspecified atom stereocenters. The number of hydrogen-bond acceptors (Lipinski definition) is 0. The van der Waals surface area contributed by atoms with Gasteiger partial charge in [0.2, 0.25) is 0 Å². The Hall–Kier alpha value is -2.54. The number of rotatable bonds is 2. The summed E-state index contributed by atoms with van der Waals surface area (Å²) < 4.78 is 2.67. The van der Waals surface area contributed by atoms with Crippen molar-refractivity contribution in [1.29, 1.82) is 0 Å². The van der Waals surface area contributed by atoms with Crippen molar-refractivity contribution < 1.29 is 0 Å². The monoisotopic (exact) mass is 451 g/mol. The average Bonchev–Trinajstić information content (AvgIpc) is 3.35. The fourth-order valence-electron chi connectivity index (χ4n) is 7.27. The number of benzene rings is 3. The van der Waals surface area contributed by atoms with E-state index in [0.717, 1.165) is 13.0 Å². The summed E-state index contributed by atoms with van der Waals surface area (Å²) in [5.41, 5.74) is 23.9. The molecule has 178 valence electrons. The van der Waals surface area contributed by atoms with E-state index < -0.39 is 0 Å². The Balaban J connectivity index is 2.14. The number of hydrogen-bond donors (Lipinski definition) is 0. The van der Waals surface area contributed by atoms with Gasteiger partial charge in [0.15, 0.2) is 0 Å². The van der Waals surface area contributed by atoms with Crippen LogP contribution in [0.1, 0.15) is 92.9 Å². The Kier molecular flexibility index (Phi) is 5.11. The van der Waals surface area contributed by atoms with Crippen LogP contribution in [0.2, 0.25) is 0 Å². The molecule has 0 saturated carbocycles. The van der Waals surface area contributed by atoms with Crippen LogP contribution in [0.25, 0.3) is 32.9 Å². The molecule has 1 nitrogen and oxygen atoms in total. The van der Waals surface area contributed by atoms with Gasteiger partial charge >= 0.3 is 0 Å². The minimum absolute atomic E-state index is 0.460. The molecule has 0 aliphatic heterocycles. The molecular formula is C33H41N. The molecule has 1 aliphatic rings. The quantitative estimate of drug-likeness (QED) is 0.286. The molecule has 0 radical (unpaired) electrons. The lowest BCUT2D eigenvalue weighted by Crippen LogP contribution is -2.05. The molecule has 3 aromatic carbocycles. The number of aryl methyl sites for hydroxylation is 4. The summed E-state index contributed by atoms with van der Waals surface area (Å²) >= 11 is 0. The SMILES string of the molecule is CCC1c2c(C)c(C)c(C)c(C)c2-c2c(C)c(C)c3c4c(C)c(C)c(C)c(C)c4n(CC)c3c21. The maximum Gasteiger partial charge on any atom is 0.0539 e. The first-order valence-corrected chi connectivity index (χ1v) is 13.2. The maximum atomic E-state index is 2.67. The van der Waals surface area contributed by atoms with Gasteiger partial charge in [-0.3, -0.25) is 0 Å². The first kappa shape index (κ1) is 23.2. The molecule has 1 aromatic heterocycles. The summed E-state index contributed by atoms with van der Waals surface area (Å²) in [6.45, 7) is 29.1. The minimum Gasteiger partial charge on any atom is -0.340 e. The maximum absolute atomic E-state index is 2.67. The predicted molar refractivity (Wildman–Crippen MR) is 150 cm³/mol. The molecule has 1 heteroatoms. The van der Waals surface area contributed by atoms with E-state index in [1.165, 1.54) is 83.0 Å². The van der Waals surface area contributed by atoms with Crippen molar-refractivity contribution in [3.63, 3.8) is 0 Å². The van der Waals surface area contributed by atoms with Crippen molar-refractivity contribution in [2.45, 2.75) is 102 Å². The van der Waals surface area contributed by atoms with Gasteiger partial charge in [0, 0.05) is 23.2 Å². The number of fused-ring (bicyclic) bond motifs is 7. The second-order valence-corrected chi connectivity index (χ2v) is 11.0. The fourth-order valence-corrected chi connectivity index (χ4v) is 7.27. The predicted octanol–water partition coefficient (Wildman–Crippen LogP) is 9.42. The van der Waals surface area contributed by atoms with Crippen LogP contribution in [0.15, 0.2) is 0 Å². The lowest BCUT2D eigenvalue weighted by atomic mass is 9.85. The van der Waals surface area contributed by atoms with E-state index in [2.05, 4.69) is 87.7 Å². The van der Waals surface area contributed by atoms with E-state index in [4.69, 9.17) is 0 Å². The molecule has 0 N–H and O–H groups in total. The smallest absolute Gasteiger partial charge is 0.0539 e. The Morgan fingerprint density at radius 1 is 0.471 bits per heavy atom. The lowest BCUT2D eigenvalue weighted by Gasteiger charge is -2.20. The molecule has 5 rings (SSSR count). The van der Waals surface area contributed by atoms with Crippen LogP contribution in [-0.2, 0) is 6.54 Å². The minimum atomic E-state index is 0.460. The highest BCUT2D eigenvalue weighted by Gasteiger charge is 2.37. The summed E-state index contributed by atoms with van der Waals surface area (Å²) in [7, 11) is 0. The summed E-state index contributed by atoms with van der Waals surface area (Å²) in [6, 6.07) is 0. The van der Waals surface area contributed by atoms with E-state index in [9.17, 15) is 0 Å². The highest BCUT2D eigenvalue weighted by molar-refractivity contribution is 6.16. The zero-order chi connectivity index (χ0) is 25.0. The van der Waals surface area contributed by atoms with Gasteiger partial charge in [-0.2, -0.15) is 0 Å². The molecule has 4 aromatic rings. The average molecular weight is 452 g/mol. The molecule has 34 heavy (non-hydrogen) atoms. The van der Waals surface area contributed by atoms with Crippen LogP contribution < -0.4 is 0 Å². The van der Waals surface area contributed by atoms with Gasteiger partial charge < -0.3 is 4.57 Å². The van der Waals surface area contributed by atoms with Crippen molar-refractivity contribution in [3.05, 3.63) is 66.8 Å². The Bertz CT molecular complexity index is 1550. The highest BCUT2D eigenvalue weighted by atomic mass is 15.0. The standard InChI is InChI=1S/C33H41N/c1-13-25-26-19(7)15(3)16(4)20(8)27(26)28-22(10)23(11)30-29-21(9)17(5)18(6)24(12)32(29)34(14-2)33(30)31(25)28/h25H,13-14H2,1-12H3. The van der Waals surface area contributed by atoms with Gasteiger partial charge in [0.1, 0.15) is 0 Å². The van der Waals surface area contributed by atoms with Crippen molar-refractivity contribution in [2.24, 2.45) is 0 Å². The van der Waals surface area contributed by atoms with Crippen molar-refractivity contribution in [1.82, 2.24) is 4.57 Å². The third-order valence-electron chi connectivity index (χ3n) is 9.93. The van der Waals surface area contributed by atoms with Gasteiger partial charge in [-0.05, 0) is 160 Å². The number of aromatic nitrogens is 1. The van der Waals surface area contributed by atoms with Crippen LogP contribution in [0.5, 0.6) is 0 Å². The molecular weight excluding hydrogens is 410 g/mol. The fraction of sp³-hybridized carbons (Fsp3) is 0.455. The van der Waals surface area contributed by atoms with Crippen molar-refractivity contribution in [3.8, 4) is 11.1 Å². The Morgan fingerprint density at radius 3 is 1.50 bits per heavy atom. The van der Waals surface area contributed by atoms with E-state index >= 15 is 0 Å². The molecule has 0 amide bonds. The zero-order valence-electron chi connectivity index (χ0n) is 23.4. The van der Waals surface area contributed by atoms with E-state index in [0.29, 0.717) is 5.92 Å². The largest absolute Gasteiger partial charge is 0.340 e. The molecule has 1 atom stereocenters. The van der Waals surface area contributed by atoms with Gasteiger partial charge in [0.05, 0.1) is 11.0 Å². The van der Waals surface area contributed by atoms with Crippen LogP contribution in [0, 0.1) is 69.2 Å². The van der Waals surface area contributed by atoms with Crippen LogP contribution in [0.4, 0.5) is 0 Å².